The lowest BCUT2D eigenvalue weighted by atomic mass is 10.5. The van der Waals surface area contributed by atoms with Gasteiger partial charge in [0.05, 0.1) is 12.2 Å². The van der Waals surface area contributed by atoms with E-state index in [1.807, 2.05) is 34.0 Å². The minimum atomic E-state index is -0.00176. The number of ether oxygens (including phenoxy) is 2. The number of hydrogen-bond donors (Lipinski definition) is 0. The van der Waals surface area contributed by atoms with Crippen molar-refractivity contribution in [2.45, 2.75) is 44.8 Å². The Kier molecular flexibility index (Phi) is 5.33. The minimum Gasteiger partial charge on any atom is -0.474 e. The van der Waals surface area contributed by atoms with E-state index in [9.17, 15) is 0 Å². The third kappa shape index (κ3) is 4.24. The first-order valence-electron chi connectivity index (χ1n) is 5.38. The number of nitrogens with zero attached hydrogens (tertiary/aromatic N) is 2. The van der Waals surface area contributed by atoms with Crippen molar-refractivity contribution in [3.05, 3.63) is 5.15 Å². The summed E-state index contributed by atoms with van der Waals surface area (Å²) in [6.45, 7) is 7.68. The molecule has 0 unspecified atom stereocenters. The van der Waals surface area contributed by atoms with Crippen molar-refractivity contribution in [1.29, 1.82) is 0 Å². The molecular weight excluding hydrogens is 260 g/mol. The van der Waals surface area contributed by atoms with Crippen LogP contribution in [0.15, 0.2) is 4.90 Å². The van der Waals surface area contributed by atoms with Gasteiger partial charge in [-0.2, -0.15) is 9.97 Å². The van der Waals surface area contributed by atoms with Crippen LogP contribution in [0.2, 0.25) is 5.15 Å². The molecule has 17 heavy (non-hydrogen) atoms. The molecule has 1 heterocycles. The lowest BCUT2D eigenvalue weighted by Crippen LogP contribution is -2.12. The number of hydrogen-bond acceptors (Lipinski definition) is 5. The Morgan fingerprint density at radius 2 is 1.65 bits per heavy atom. The van der Waals surface area contributed by atoms with Crippen LogP contribution in [0.4, 0.5) is 0 Å². The van der Waals surface area contributed by atoms with E-state index in [1.165, 1.54) is 11.8 Å². The summed E-state index contributed by atoms with van der Waals surface area (Å²) >= 11 is 7.52. The number of rotatable bonds is 5. The van der Waals surface area contributed by atoms with Crippen molar-refractivity contribution in [2.24, 2.45) is 0 Å². The molecule has 0 saturated carbocycles. The van der Waals surface area contributed by atoms with Gasteiger partial charge in [-0.15, -0.1) is 11.8 Å². The van der Waals surface area contributed by atoms with Gasteiger partial charge in [0.15, 0.2) is 5.15 Å². The van der Waals surface area contributed by atoms with Gasteiger partial charge in [0.1, 0.15) is 4.90 Å². The van der Waals surface area contributed by atoms with E-state index < -0.39 is 0 Å². The fourth-order valence-corrected chi connectivity index (χ4v) is 1.99. The fraction of sp³-hybridized carbons (Fsp3) is 0.636. The molecule has 0 aliphatic heterocycles. The van der Waals surface area contributed by atoms with E-state index in [0.717, 1.165) is 4.90 Å². The van der Waals surface area contributed by atoms with Crippen LogP contribution in [-0.4, -0.2) is 28.4 Å². The van der Waals surface area contributed by atoms with Crippen molar-refractivity contribution in [2.75, 3.05) is 6.26 Å². The zero-order chi connectivity index (χ0) is 13.0. The second-order valence-electron chi connectivity index (χ2n) is 3.97. The highest BCUT2D eigenvalue weighted by molar-refractivity contribution is 7.98. The Hall–Kier alpha value is -0.680. The molecule has 0 aliphatic rings. The number of thioether (sulfide) groups is 1. The summed E-state index contributed by atoms with van der Waals surface area (Å²) in [4.78, 5) is 9.04. The molecule has 6 heteroatoms. The SMILES string of the molecule is CSc1c(Cl)nc(OC(C)C)nc1OC(C)C. The molecule has 0 N–H and O–H groups in total. The van der Waals surface area contributed by atoms with Gasteiger partial charge in [0, 0.05) is 0 Å². The molecule has 96 valence electrons. The molecular formula is C11H17ClN2O2S. The molecule has 0 aromatic carbocycles. The summed E-state index contributed by atoms with van der Waals surface area (Å²) in [5, 5.41) is 0.360. The van der Waals surface area contributed by atoms with Gasteiger partial charge in [-0.1, -0.05) is 11.6 Å². The summed E-state index contributed by atoms with van der Waals surface area (Å²) in [6.07, 6.45) is 1.93. The van der Waals surface area contributed by atoms with Gasteiger partial charge in [0.2, 0.25) is 5.88 Å². The average Bonchev–Trinajstić information content (AvgIpc) is 2.14. The van der Waals surface area contributed by atoms with Crippen LogP contribution in [0.5, 0.6) is 11.9 Å². The first-order valence-corrected chi connectivity index (χ1v) is 6.99. The van der Waals surface area contributed by atoms with E-state index in [0.29, 0.717) is 11.0 Å². The van der Waals surface area contributed by atoms with Gasteiger partial charge >= 0.3 is 6.01 Å². The molecule has 4 nitrogen and oxygen atoms in total. The predicted octanol–water partition coefficient (Wildman–Crippen LogP) is 3.43. The van der Waals surface area contributed by atoms with Crippen LogP contribution in [0.1, 0.15) is 27.7 Å². The zero-order valence-corrected chi connectivity index (χ0v) is 12.2. The lowest BCUT2D eigenvalue weighted by Gasteiger charge is -2.15. The quantitative estimate of drug-likeness (QED) is 0.609. The molecule has 0 amide bonds. The van der Waals surface area contributed by atoms with Crippen LogP contribution < -0.4 is 9.47 Å². The van der Waals surface area contributed by atoms with E-state index in [4.69, 9.17) is 21.1 Å². The van der Waals surface area contributed by atoms with Gasteiger partial charge < -0.3 is 9.47 Å². The van der Waals surface area contributed by atoms with E-state index in [-0.39, 0.29) is 18.2 Å². The maximum atomic E-state index is 6.07. The third-order valence-corrected chi connectivity index (χ3v) is 2.83. The molecule has 0 bridgehead atoms. The molecule has 1 aromatic heterocycles. The van der Waals surface area contributed by atoms with E-state index in [1.54, 1.807) is 0 Å². The van der Waals surface area contributed by atoms with Crippen LogP contribution in [0, 0.1) is 0 Å². The summed E-state index contributed by atoms with van der Waals surface area (Å²) in [5.41, 5.74) is 0. The molecule has 0 aliphatic carbocycles. The Labute approximate surface area is 111 Å². The molecule has 0 saturated heterocycles. The Balaban J connectivity index is 3.09. The average molecular weight is 277 g/mol. The molecule has 0 radical (unpaired) electrons. The topological polar surface area (TPSA) is 44.2 Å². The highest BCUT2D eigenvalue weighted by Crippen LogP contribution is 2.34. The molecule has 0 atom stereocenters. The first kappa shape index (κ1) is 14.4. The van der Waals surface area contributed by atoms with Crippen molar-refractivity contribution in [3.63, 3.8) is 0 Å². The smallest absolute Gasteiger partial charge is 0.321 e. The fourth-order valence-electron chi connectivity index (χ4n) is 1.12. The Morgan fingerprint density at radius 1 is 1.06 bits per heavy atom. The van der Waals surface area contributed by atoms with Crippen molar-refractivity contribution >= 4 is 23.4 Å². The summed E-state index contributed by atoms with van der Waals surface area (Å²) < 4.78 is 11.0. The summed E-state index contributed by atoms with van der Waals surface area (Å²) in [6, 6.07) is 0.249. The first-order chi connectivity index (χ1) is 7.93. The minimum absolute atomic E-state index is 0.00176. The van der Waals surface area contributed by atoms with Gasteiger partial charge in [-0.25, -0.2) is 0 Å². The highest BCUT2D eigenvalue weighted by Gasteiger charge is 2.16. The Bertz CT molecular complexity index is 386. The summed E-state index contributed by atoms with van der Waals surface area (Å²) in [7, 11) is 0. The molecule has 1 aromatic rings. The van der Waals surface area contributed by atoms with Crippen LogP contribution in [0.25, 0.3) is 0 Å². The van der Waals surface area contributed by atoms with E-state index >= 15 is 0 Å². The van der Waals surface area contributed by atoms with E-state index in [2.05, 4.69) is 9.97 Å². The van der Waals surface area contributed by atoms with Crippen LogP contribution in [-0.2, 0) is 0 Å². The van der Waals surface area contributed by atoms with Crippen molar-refractivity contribution in [3.8, 4) is 11.9 Å². The van der Waals surface area contributed by atoms with Crippen molar-refractivity contribution in [1.82, 2.24) is 9.97 Å². The largest absolute Gasteiger partial charge is 0.474 e. The van der Waals surface area contributed by atoms with Gasteiger partial charge in [0.25, 0.3) is 0 Å². The third-order valence-electron chi connectivity index (χ3n) is 1.67. The second kappa shape index (κ2) is 6.31. The zero-order valence-electron chi connectivity index (χ0n) is 10.7. The number of halogens is 1. The second-order valence-corrected chi connectivity index (χ2v) is 5.14. The monoisotopic (exact) mass is 276 g/mol. The maximum Gasteiger partial charge on any atom is 0.321 e. The molecule has 0 fully saturated rings. The van der Waals surface area contributed by atoms with Gasteiger partial charge in [-0.3, -0.25) is 0 Å². The molecule has 1 rings (SSSR count). The standard InChI is InChI=1S/C11H17ClN2O2S/c1-6(2)15-10-8(17-5)9(12)13-11(14-10)16-7(3)4/h6-7H,1-5H3. The predicted molar refractivity (Wildman–Crippen MR) is 70.4 cm³/mol. The van der Waals surface area contributed by atoms with Gasteiger partial charge in [-0.05, 0) is 34.0 Å². The normalized spacial score (nSPS) is 11.1. The summed E-state index contributed by atoms with van der Waals surface area (Å²) in [5.74, 6) is 0.475. The van der Waals surface area contributed by atoms with Crippen LogP contribution >= 0.6 is 23.4 Å². The Morgan fingerprint density at radius 3 is 2.12 bits per heavy atom. The lowest BCUT2D eigenvalue weighted by molar-refractivity contribution is 0.199. The van der Waals surface area contributed by atoms with Crippen LogP contribution in [0.3, 0.4) is 0 Å². The highest BCUT2D eigenvalue weighted by atomic mass is 35.5. The molecule has 0 spiro atoms. The van der Waals surface area contributed by atoms with Crippen molar-refractivity contribution < 1.29 is 9.47 Å². The maximum absolute atomic E-state index is 6.07. The number of aromatic nitrogens is 2.